The highest BCUT2D eigenvalue weighted by atomic mass is 35.5. The second-order valence-electron chi connectivity index (χ2n) is 4.63. The van der Waals surface area contributed by atoms with Crippen molar-refractivity contribution in [3.8, 4) is 0 Å². The number of thioether (sulfide) groups is 1. The second-order valence-corrected chi connectivity index (χ2v) is 7.42. The number of amides is 1. The largest absolute Gasteiger partial charge is 0.396 e. The molecule has 2 rings (SSSR count). The highest BCUT2D eigenvalue weighted by Crippen LogP contribution is 2.44. The maximum absolute atomic E-state index is 11.6. The maximum Gasteiger partial charge on any atom is 0.230 e. The van der Waals surface area contributed by atoms with E-state index in [-0.39, 0.29) is 17.9 Å². The van der Waals surface area contributed by atoms with E-state index in [2.05, 4.69) is 5.32 Å². The first-order chi connectivity index (χ1) is 8.63. The number of hydrogen-bond donors (Lipinski definition) is 2. The standard InChI is InChI=1S/C12H16ClNO2S2/c13-10-2-1-9(18-10)5-17-6-11(16)14-7-12(8-15)3-4-12/h1-2,15H,3-8H2,(H,14,16). The number of thiophene rings is 1. The van der Waals surface area contributed by atoms with E-state index in [1.54, 1.807) is 23.1 Å². The van der Waals surface area contributed by atoms with Gasteiger partial charge in [0.05, 0.1) is 16.7 Å². The van der Waals surface area contributed by atoms with Crippen molar-refractivity contribution >= 4 is 40.6 Å². The van der Waals surface area contributed by atoms with Crippen LogP contribution in [0.3, 0.4) is 0 Å². The van der Waals surface area contributed by atoms with Crippen LogP contribution in [-0.2, 0) is 10.5 Å². The zero-order valence-corrected chi connectivity index (χ0v) is 12.3. The lowest BCUT2D eigenvalue weighted by molar-refractivity contribution is -0.118. The number of aliphatic hydroxyl groups excluding tert-OH is 1. The molecule has 1 saturated carbocycles. The Hall–Kier alpha value is -0.230. The Balaban J connectivity index is 1.60. The van der Waals surface area contributed by atoms with Gasteiger partial charge in [0.1, 0.15) is 0 Å². The molecule has 6 heteroatoms. The summed E-state index contributed by atoms with van der Waals surface area (Å²) in [5, 5.41) is 12.0. The van der Waals surface area contributed by atoms with Gasteiger partial charge in [-0.1, -0.05) is 11.6 Å². The van der Waals surface area contributed by atoms with Crippen molar-refractivity contribution in [3.63, 3.8) is 0 Å². The number of halogens is 1. The van der Waals surface area contributed by atoms with Crippen LogP contribution in [0.15, 0.2) is 12.1 Å². The third-order valence-corrected chi connectivity index (χ3v) is 5.45. The molecule has 0 bridgehead atoms. The summed E-state index contributed by atoms with van der Waals surface area (Å²) < 4.78 is 0.786. The van der Waals surface area contributed by atoms with E-state index in [4.69, 9.17) is 16.7 Å². The lowest BCUT2D eigenvalue weighted by atomic mass is 10.1. The third-order valence-electron chi connectivity index (χ3n) is 3.06. The van der Waals surface area contributed by atoms with Crippen LogP contribution in [0.2, 0.25) is 4.34 Å². The van der Waals surface area contributed by atoms with E-state index in [1.807, 2.05) is 12.1 Å². The molecule has 3 nitrogen and oxygen atoms in total. The number of aliphatic hydroxyl groups is 1. The van der Waals surface area contributed by atoms with Crippen molar-refractivity contribution in [1.29, 1.82) is 0 Å². The van der Waals surface area contributed by atoms with Gasteiger partial charge >= 0.3 is 0 Å². The minimum atomic E-state index is -0.0123. The molecule has 0 radical (unpaired) electrons. The number of nitrogens with one attached hydrogen (secondary N) is 1. The van der Waals surface area contributed by atoms with Gasteiger partial charge in [0.25, 0.3) is 0 Å². The number of carbonyl (C=O) groups excluding carboxylic acids is 1. The zero-order chi connectivity index (χ0) is 13.0. The summed E-state index contributed by atoms with van der Waals surface area (Å²) in [4.78, 5) is 12.8. The summed E-state index contributed by atoms with van der Waals surface area (Å²) in [6, 6.07) is 3.86. The minimum absolute atomic E-state index is 0.0123. The molecular formula is C12H16ClNO2S2. The van der Waals surface area contributed by atoms with Crippen molar-refractivity contribution in [2.45, 2.75) is 18.6 Å². The molecule has 18 heavy (non-hydrogen) atoms. The molecular weight excluding hydrogens is 290 g/mol. The van der Waals surface area contributed by atoms with Crippen LogP contribution < -0.4 is 5.32 Å². The maximum atomic E-state index is 11.6. The van der Waals surface area contributed by atoms with Crippen molar-refractivity contribution in [1.82, 2.24) is 5.32 Å². The molecule has 1 fully saturated rings. The fraction of sp³-hybridized carbons (Fsp3) is 0.583. The first kappa shape index (κ1) is 14.2. The minimum Gasteiger partial charge on any atom is -0.396 e. The molecule has 1 aliphatic carbocycles. The van der Waals surface area contributed by atoms with Gasteiger partial charge in [-0.25, -0.2) is 0 Å². The summed E-state index contributed by atoms with van der Waals surface area (Å²) in [6.07, 6.45) is 2.04. The number of hydrogen-bond acceptors (Lipinski definition) is 4. The van der Waals surface area contributed by atoms with E-state index in [0.29, 0.717) is 12.3 Å². The molecule has 2 N–H and O–H groups in total. The van der Waals surface area contributed by atoms with Gasteiger partial charge in [-0.15, -0.1) is 23.1 Å². The Morgan fingerprint density at radius 3 is 2.89 bits per heavy atom. The lowest BCUT2D eigenvalue weighted by Gasteiger charge is -2.12. The average Bonchev–Trinajstić information content (AvgIpc) is 3.04. The average molecular weight is 306 g/mol. The highest BCUT2D eigenvalue weighted by molar-refractivity contribution is 7.99. The summed E-state index contributed by atoms with van der Waals surface area (Å²) >= 11 is 8.97. The normalized spacial score (nSPS) is 16.6. The summed E-state index contributed by atoms with van der Waals surface area (Å²) in [6.45, 7) is 0.780. The molecule has 1 aromatic heterocycles. The molecule has 0 spiro atoms. The quantitative estimate of drug-likeness (QED) is 0.814. The van der Waals surface area contributed by atoms with Gasteiger partial charge in [-0.2, -0.15) is 0 Å². The molecule has 0 atom stereocenters. The molecule has 1 amide bonds. The Labute approximate surface area is 120 Å². The predicted octanol–water partition coefficient (Wildman–Crippen LogP) is 2.52. The van der Waals surface area contributed by atoms with Crippen LogP contribution in [-0.4, -0.2) is 29.9 Å². The molecule has 1 aliphatic rings. The van der Waals surface area contributed by atoms with E-state index in [9.17, 15) is 4.79 Å². The molecule has 0 saturated heterocycles. The molecule has 0 aliphatic heterocycles. The van der Waals surface area contributed by atoms with Gasteiger partial charge in [0.15, 0.2) is 0 Å². The van der Waals surface area contributed by atoms with Crippen molar-refractivity contribution in [2.75, 3.05) is 18.9 Å². The van der Waals surface area contributed by atoms with Gasteiger partial charge < -0.3 is 10.4 Å². The summed E-state index contributed by atoms with van der Waals surface area (Å²) in [7, 11) is 0. The summed E-state index contributed by atoms with van der Waals surface area (Å²) in [5.41, 5.74) is -0.0123. The predicted molar refractivity (Wildman–Crippen MR) is 77.3 cm³/mol. The Morgan fingerprint density at radius 1 is 1.56 bits per heavy atom. The fourth-order valence-corrected chi connectivity index (χ4v) is 3.63. The van der Waals surface area contributed by atoms with Gasteiger partial charge in [0.2, 0.25) is 5.91 Å². The van der Waals surface area contributed by atoms with Crippen molar-refractivity contribution in [3.05, 3.63) is 21.3 Å². The SMILES string of the molecule is O=C(CSCc1ccc(Cl)s1)NCC1(CO)CC1. The molecule has 100 valence electrons. The van der Waals surface area contributed by atoms with Gasteiger partial charge in [-0.05, 0) is 25.0 Å². The topological polar surface area (TPSA) is 49.3 Å². The van der Waals surface area contributed by atoms with Crippen LogP contribution >= 0.6 is 34.7 Å². The first-order valence-electron chi connectivity index (χ1n) is 5.83. The van der Waals surface area contributed by atoms with E-state index < -0.39 is 0 Å². The molecule has 0 unspecified atom stereocenters. The molecule has 1 aromatic rings. The van der Waals surface area contributed by atoms with E-state index in [0.717, 1.165) is 22.9 Å². The Kier molecular flexibility index (Phi) is 4.95. The second kappa shape index (κ2) is 6.28. The van der Waals surface area contributed by atoms with Crippen molar-refractivity contribution in [2.24, 2.45) is 5.41 Å². The number of carbonyl (C=O) groups is 1. The Bertz CT molecular complexity index is 418. The molecule has 1 heterocycles. The van der Waals surface area contributed by atoms with E-state index >= 15 is 0 Å². The smallest absolute Gasteiger partial charge is 0.230 e. The van der Waals surface area contributed by atoms with Crippen LogP contribution in [0, 0.1) is 5.41 Å². The van der Waals surface area contributed by atoms with Crippen LogP contribution in [0.25, 0.3) is 0 Å². The monoisotopic (exact) mass is 305 g/mol. The summed E-state index contributed by atoms with van der Waals surface area (Å²) in [5.74, 6) is 1.31. The van der Waals surface area contributed by atoms with Crippen LogP contribution in [0.1, 0.15) is 17.7 Å². The van der Waals surface area contributed by atoms with Gasteiger partial charge in [0, 0.05) is 22.6 Å². The Morgan fingerprint density at radius 2 is 2.33 bits per heavy atom. The highest BCUT2D eigenvalue weighted by Gasteiger charge is 2.41. The van der Waals surface area contributed by atoms with Crippen LogP contribution in [0.4, 0.5) is 0 Å². The van der Waals surface area contributed by atoms with E-state index in [1.165, 1.54) is 4.88 Å². The number of rotatable bonds is 7. The fourth-order valence-electron chi connectivity index (χ4n) is 1.58. The van der Waals surface area contributed by atoms with Crippen LogP contribution in [0.5, 0.6) is 0 Å². The third kappa shape index (κ3) is 4.16. The molecule has 0 aromatic carbocycles. The zero-order valence-electron chi connectivity index (χ0n) is 9.95. The van der Waals surface area contributed by atoms with Gasteiger partial charge in [-0.3, -0.25) is 4.79 Å². The lowest BCUT2D eigenvalue weighted by Crippen LogP contribution is -2.32. The van der Waals surface area contributed by atoms with Crippen molar-refractivity contribution < 1.29 is 9.90 Å². The first-order valence-corrected chi connectivity index (χ1v) is 8.18.